The molecule has 1 atom stereocenters. The van der Waals surface area contributed by atoms with Crippen molar-refractivity contribution in [3.05, 3.63) is 11.9 Å². The molecule has 0 amide bonds. The Kier molecular flexibility index (Phi) is 6.76. The minimum absolute atomic E-state index is 0.279. The molecule has 0 aliphatic carbocycles. The van der Waals surface area contributed by atoms with Gasteiger partial charge in [0, 0.05) is 12.1 Å². The molecule has 2 N–H and O–H groups in total. The lowest BCUT2D eigenvalue weighted by atomic mass is 10.1. The Balaban J connectivity index is 2.92. The van der Waals surface area contributed by atoms with Gasteiger partial charge in [0.05, 0.1) is 6.61 Å². The van der Waals surface area contributed by atoms with E-state index in [-0.39, 0.29) is 5.97 Å². The second-order valence-electron chi connectivity index (χ2n) is 4.45. The Morgan fingerprint density at radius 2 is 2.00 bits per heavy atom. The standard InChI is InChI=1S/C14H24N4O2/c1-5-8-11-12(15-6-2)16-9-17-13(11)18-10(4)14(19)20-7-3/h9-10H,5-8H2,1-4H3,(H2,15,16,17,18). The van der Waals surface area contributed by atoms with Crippen molar-refractivity contribution in [3.8, 4) is 0 Å². The minimum Gasteiger partial charge on any atom is -0.464 e. The van der Waals surface area contributed by atoms with E-state index in [4.69, 9.17) is 4.74 Å². The van der Waals surface area contributed by atoms with Crippen LogP contribution in [-0.2, 0) is 16.0 Å². The third-order valence-electron chi connectivity index (χ3n) is 2.78. The molecular weight excluding hydrogens is 256 g/mol. The summed E-state index contributed by atoms with van der Waals surface area (Å²) < 4.78 is 4.99. The van der Waals surface area contributed by atoms with Crippen LogP contribution < -0.4 is 10.6 Å². The molecular formula is C14H24N4O2. The van der Waals surface area contributed by atoms with Crippen LogP contribution in [0.2, 0.25) is 0 Å². The highest BCUT2D eigenvalue weighted by Crippen LogP contribution is 2.22. The fourth-order valence-corrected chi connectivity index (χ4v) is 1.87. The molecule has 0 aromatic carbocycles. The molecule has 1 aromatic rings. The lowest BCUT2D eigenvalue weighted by molar-refractivity contribution is -0.143. The lowest BCUT2D eigenvalue weighted by Gasteiger charge is -2.17. The zero-order valence-corrected chi connectivity index (χ0v) is 12.7. The van der Waals surface area contributed by atoms with Crippen LogP contribution >= 0.6 is 0 Å². The molecule has 6 nitrogen and oxygen atoms in total. The van der Waals surface area contributed by atoms with Crippen molar-refractivity contribution in [3.63, 3.8) is 0 Å². The molecule has 0 aliphatic rings. The average molecular weight is 280 g/mol. The Morgan fingerprint density at radius 3 is 2.60 bits per heavy atom. The van der Waals surface area contributed by atoms with Crippen molar-refractivity contribution in [1.82, 2.24) is 9.97 Å². The fraction of sp³-hybridized carbons (Fsp3) is 0.643. The molecule has 0 saturated heterocycles. The first kappa shape index (κ1) is 16.2. The lowest BCUT2D eigenvalue weighted by Crippen LogP contribution is -2.29. The van der Waals surface area contributed by atoms with Crippen LogP contribution in [0.15, 0.2) is 6.33 Å². The van der Waals surface area contributed by atoms with E-state index in [2.05, 4.69) is 27.5 Å². The third kappa shape index (κ3) is 4.36. The van der Waals surface area contributed by atoms with Gasteiger partial charge in [-0.3, -0.25) is 0 Å². The van der Waals surface area contributed by atoms with Crippen molar-refractivity contribution in [2.24, 2.45) is 0 Å². The van der Waals surface area contributed by atoms with E-state index >= 15 is 0 Å². The molecule has 1 heterocycles. The number of rotatable bonds is 8. The number of hydrogen-bond donors (Lipinski definition) is 2. The van der Waals surface area contributed by atoms with Gasteiger partial charge in [0.15, 0.2) is 0 Å². The number of esters is 1. The van der Waals surface area contributed by atoms with Crippen LogP contribution in [0.25, 0.3) is 0 Å². The molecule has 0 fully saturated rings. The summed E-state index contributed by atoms with van der Waals surface area (Å²) in [5, 5.41) is 6.33. The molecule has 112 valence electrons. The summed E-state index contributed by atoms with van der Waals surface area (Å²) >= 11 is 0. The smallest absolute Gasteiger partial charge is 0.328 e. The summed E-state index contributed by atoms with van der Waals surface area (Å²) in [5.41, 5.74) is 1.01. The van der Waals surface area contributed by atoms with Crippen molar-refractivity contribution in [1.29, 1.82) is 0 Å². The zero-order valence-electron chi connectivity index (χ0n) is 12.7. The maximum Gasteiger partial charge on any atom is 0.328 e. The van der Waals surface area contributed by atoms with Crippen LogP contribution in [0.5, 0.6) is 0 Å². The van der Waals surface area contributed by atoms with Crippen LogP contribution in [0.4, 0.5) is 11.6 Å². The van der Waals surface area contributed by atoms with Gasteiger partial charge >= 0.3 is 5.97 Å². The van der Waals surface area contributed by atoms with Gasteiger partial charge in [0.25, 0.3) is 0 Å². The topological polar surface area (TPSA) is 76.1 Å². The maximum absolute atomic E-state index is 11.7. The monoisotopic (exact) mass is 280 g/mol. The first-order chi connectivity index (χ1) is 9.63. The van der Waals surface area contributed by atoms with Gasteiger partial charge < -0.3 is 15.4 Å². The van der Waals surface area contributed by atoms with Crippen LogP contribution in [0.1, 0.15) is 39.7 Å². The average Bonchev–Trinajstić information content (AvgIpc) is 2.43. The van der Waals surface area contributed by atoms with Crippen LogP contribution in [0.3, 0.4) is 0 Å². The number of nitrogens with zero attached hydrogens (tertiary/aromatic N) is 2. The van der Waals surface area contributed by atoms with E-state index in [1.165, 1.54) is 6.33 Å². The quantitative estimate of drug-likeness (QED) is 0.711. The van der Waals surface area contributed by atoms with E-state index in [0.717, 1.165) is 30.8 Å². The van der Waals surface area contributed by atoms with Crippen molar-refractivity contribution >= 4 is 17.6 Å². The summed E-state index contributed by atoms with van der Waals surface area (Å²) in [4.78, 5) is 20.2. The summed E-state index contributed by atoms with van der Waals surface area (Å²) in [6.07, 6.45) is 3.33. The molecule has 1 rings (SSSR count). The van der Waals surface area contributed by atoms with Gasteiger partial charge in [-0.1, -0.05) is 13.3 Å². The normalized spacial score (nSPS) is 11.8. The highest BCUT2D eigenvalue weighted by molar-refractivity contribution is 5.79. The van der Waals surface area contributed by atoms with Gasteiger partial charge in [-0.15, -0.1) is 0 Å². The van der Waals surface area contributed by atoms with E-state index in [1.54, 1.807) is 13.8 Å². The zero-order chi connectivity index (χ0) is 15.0. The molecule has 0 bridgehead atoms. The molecule has 0 aliphatic heterocycles. The SMILES string of the molecule is CCCc1c(NCC)ncnc1NC(C)C(=O)OCC. The van der Waals surface area contributed by atoms with E-state index < -0.39 is 6.04 Å². The predicted octanol–water partition coefficient (Wildman–Crippen LogP) is 2.22. The van der Waals surface area contributed by atoms with Gasteiger partial charge in [-0.25, -0.2) is 14.8 Å². The first-order valence-corrected chi connectivity index (χ1v) is 7.14. The maximum atomic E-state index is 11.7. The number of nitrogens with one attached hydrogen (secondary N) is 2. The number of carbonyl (C=O) groups excluding carboxylic acids is 1. The van der Waals surface area contributed by atoms with Gasteiger partial charge in [0.1, 0.15) is 24.0 Å². The summed E-state index contributed by atoms with van der Waals surface area (Å²) in [7, 11) is 0. The second-order valence-corrected chi connectivity index (χ2v) is 4.45. The molecule has 6 heteroatoms. The fourth-order valence-electron chi connectivity index (χ4n) is 1.87. The Bertz CT molecular complexity index is 437. The molecule has 20 heavy (non-hydrogen) atoms. The van der Waals surface area contributed by atoms with Gasteiger partial charge in [-0.05, 0) is 27.2 Å². The number of carbonyl (C=O) groups is 1. The minimum atomic E-state index is -0.435. The predicted molar refractivity (Wildman–Crippen MR) is 79.9 cm³/mol. The molecule has 1 unspecified atom stereocenters. The highest BCUT2D eigenvalue weighted by atomic mass is 16.5. The Hall–Kier alpha value is -1.85. The summed E-state index contributed by atoms with van der Waals surface area (Å²) in [5.74, 6) is 1.24. The van der Waals surface area contributed by atoms with Crippen molar-refractivity contribution in [2.45, 2.75) is 46.6 Å². The number of hydrogen-bond acceptors (Lipinski definition) is 6. The van der Waals surface area contributed by atoms with Gasteiger partial charge in [-0.2, -0.15) is 0 Å². The van der Waals surface area contributed by atoms with Crippen LogP contribution in [-0.4, -0.2) is 35.1 Å². The Morgan fingerprint density at radius 1 is 1.30 bits per heavy atom. The first-order valence-electron chi connectivity index (χ1n) is 7.14. The Labute approximate surface area is 120 Å². The largest absolute Gasteiger partial charge is 0.464 e. The van der Waals surface area contributed by atoms with E-state index in [1.807, 2.05) is 6.92 Å². The molecule has 0 spiro atoms. The van der Waals surface area contributed by atoms with Crippen molar-refractivity contribution < 1.29 is 9.53 Å². The molecule has 0 saturated carbocycles. The number of anilines is 2. The third-order valence-corrected chi connectivity index (χ3v) is 2.78. The highest BCUT2D eigenvalue weighted by Gasteiger charge is 2.17. The summed E-state index contributed by atoms with van der Waals surface area (Å²) in [6.45, 7) is 8.84. The molecule has 0 radical (unpaired) electrons. The van der Waals surface area contributed by atoms with E-state index in [9.17, 15) is 4.79 Å². The summed E-state index contributed by atoms with van der Waals surface area (Å²) in [6, 6.07) is -0.435. The number of aromatic nitrogens is 2. The number of ether oxygens (including phenoxy) is 1. The second kappa shape index (κ2) is 8.35. The van der Waals surface area contributed by atoms with Gasteiger partial charge in [0.2, 0.25) is 0 Å². The van der Waals surface area contributed by atoms with E-state index in [0.29, 0.717) is 12.4 Å². The van der Waals surface area contributed by atoms with Crippen molar-refractivity contribution in [2.75, 3.05) is 23.8 Å². The molecule has 1 aromatic heterocycles. The van der Waals surface area contributed by atoms with Crippen LogP contribution in [0, 0.1) is 0 Å².